The maximum atomic E-state index is 13.6. The molecule has 0 spiro atoms. The quantitative estimate of drug-likeness (QED) is 0.829. The Labute approximate surface area is 114 Å². The summed E-state index contributed by atoms with van der Waals surface area (Å²) in [4.78, 5) is 25.4. The highest BCUT2D eigenvalue weighted by Crippen LogP contribution is 2.26. The smallest absolute Gasteiger partial charge is 0.341 e. The molecule has 2 aromatic rings. The molecule has 0 aliphatic heterocycles. The van der Waals surface area contributed by atoms with E-state index in [0.717, 1.165) is 12.3 Å². The molecule has 97 valence electrons. The molecular formula is C12H9BClFNO3. The Hall–Kier alpha value is -1.82. The maximum absolute atomic E-state index is 13.6. The summed E-state index contributed by atoms with van der Waals surface area (Å²) >= 11 is 5.81. The average molecular weight is 280 g/mol. The predicted molar refractivity (Wildman–Crippen MR) is 71.6 cm³/mol. The fourth-order valence-corrected chi connectivity index (χ4v) is 2.15. The van der Waals surface area contributed by atoms with Gasteiger partial charge in [-0.25, -0.2) is 9.18 Å². The molecule has 0 aliphatic carbocycles. The first-order chi connectivity index (χ1) is 8.47. The van der Waals surface area contributed by atoms with Crippen LogP contribution in [-0.4, -0.2) is 24.5 Å². The second-order valence-electron chi connectivity index (χ2n) is 3.76. The molecule has 3 radical (unpaired) electrons. The topological polar surface area (TPSA) is 70.2 Å². The van der Waals surface area contributed by atoms with E-state index in [1.165, 1.54) is 0 Å². The molecule has 0 fully saturated rings. The van der Waals surface area contributed by atoms with Crippen LogP contribution in [0, 0.1) is 5.82 Å². The lowest BCUT2D eigenvalue weighted by Crippen LogP contribution is -2.16. The van der Waals surface area contributed by atoms with Crippen LogP contribution in [0.1, 0.15) is 22.8 Å². The van der Waals surface area contributed by atoms with Crippen molar-refractivity contribution >= 4 is 36.9 Å². The van der Waals surface area contributed by atoms with E-state index < -0.39 is 22.8 Å². The number of fused-ring (bicyclic) bond motifs is 1. The highest BCUT2D eigenvalue weighted by atomic mass is 35.5. The van der Waals surface area contributed by atoms with Gasteiger partial charge in [0.25, 0.3) is 0 Å². The van der Waals surface area contributed by atoms with Crippen molar-refractivity contribution < 1.29 is 14.3 Å². The highest BCUT2D eigenvalue weighted by Gasteiger charge is 2.17. The number of benzene rings is 1. The first-order valence-corrected chi connectivity index (χ1v) is 5.60. The normalized spacial score (nSPS) is 10.3. The van der Waals surface area contributed by atoms with Gasteiger partial charge in [0, 0.05) is 20.0 Å². The van der Waals surface area contributed by atoms with Crippen molar-refractivity contribution in [1.29, 1.82) is 0 Å². The number of nitrogens with one attached hydrogen (secondary N) is 1. The maximum Gasteiger partial charge on any atom is 0.341 e. The van der Waals surface area contributed by atoms with Crippen molar-refractivity contribution in [2.75, 3.05) is 0 Å². The van der Waals surface area contributed by atoms with Crippen LogP contribution in [-0.2, 0) is 6.42 Å². The molecule has 0 amide bonds. The Kier molecular flexibility index (Phi) is 4.37. The van der Waals surface area contributed by atoms with Gasteiger partial charge in [0.2, 0.25) is 5.43 Å². The molecule has 0 saturated heterocycles. The number of aromatic amines is 1. The van der Waals surface area contributed by atoms with E-state index in [9.17, 15) is 14.0 Å². The summed E-state index contributed by atoms with van der Waals surface area (Å²) in [5, 5.41) is 8.78. The number of hydrogen-bond donors (Lipinski definition) is 2. The molecule has 7 heteroatoms. The zero-order chi connectivity index (χ0) is 13.4. The summed E-state index contributed by atoms with van der Waals surface area (Å²) < 4.78 is 13.6. The predicted octanol–water partition coefficient (Wildman–Crippen LogP) is 2.20. The minimum absolute atomic E-state index is 0. The zero-order valence-corrected chi connectivity index (χ0v) is 10.7. The van der Waals surface area contributed by atoms with Gasteiger partial charge in [-0.15, -0.1) is 0 Å². The highest BCUT2D eigenvalue weighted by molar-refractivity contribution is 6.32. The second kappa shape index (κ2) is 5.44. The minimum atomic E-state index is -1.36. The van der Waals surface area contributed by atoms with E-state index in [1.807, 2.05) is 0 Å². The van der Waals surface area contributed by atoms with Gasteiger partial charge in [-0.3, -0.25) is 4.79 Å². The molecule has 0 saturated carbocycles. The van der Waals surface area contributed by atoms with Crippen molar-refractivity contribution in [3.63, 3.8) is 0 Å². The van der Waals surface area contributed by atoms with Crippen LogP contribution in [0.4, 0.5) is 4.39 Å². The number of aromatic carboxylic acids is 1. The first-order valence-electron chi connectivity index (χ1n) is 5.23. The molecule has 19 heavy (non-hydrogen) atoms. The Morgan fingerprint density at radius 2 is 2.16 bits per heavy atom. The van der Waals surface area contributed by atoms with E-state index in [-0.39, 0.29) is 18.8 Å². The fraction of sp³-hybridized carbons (Fsp3) is 0.167. The number of carboxylic acid groups (broad SMARTS) is 1. The van der Waals surface area contributed by atoms with E-state index in [2.05, 4.69) is 4.98 Å². The van der Waals surface area contributed by atoms with Crippen molar-refractivity contribution in [2.24, 2.45) is 0 Å². The number of pyridine rings is 1. The molecule has 1 aromatic carbocycles. The standard InChI is InChI=1S/C12H9ClFNO3.B/c1-2-5-9(13)8(14)3-6-10(5)15-4-7(11(6)16)12(17)18;/h3-4H,2H2,1H3,(H,15,16)(H,17,18);. The minimum Gasteiger partial charge on any atom is -0.477 e. The van der Waals surface area contributed by atoms with E-state index in [0.29, 0.717) is 17.5 Å². The van der Waals surface area contributed by atoms with Gasteiger partial charge < -0.3 is 10.1 Å². The summed E-state index contributed by atoms with van der Waals surface area (Å²) in [6.07, 6.45) is 1.52. The summed E-state index contributed by atoms with van der Waals surface area (Å²) in [7, 11) is 0. The van der Waals surface area contributed by atoms with E-state index >= 15 is 0 Å². The number of aryl methyl sites for hydroxylation is 1. The van der Waals surface area contributed by atoms with E-state index in [1.54, 1.807) is 6.92 Å². The molecule has 2 rings (SSSR count). The Balaban J connectivity index is 0.00000180. The van der Waals surface area contributed by atoms with Crippen LogP contribution >= 0.6 is 11.6 Å². The van der Waals surface area contributed by atoms with Crippen LogP contribution in [0.3, 0.4) is 0 Å². The molecule has 2 N–H and O–H groups in total. The number of carbonyl (C=O) groups is 1. The van der Waals surface area contributed by atoms with Gasteiger partial charge in [0.1, 0.15) is 11.4 Å². The van der Waals surface area contributed by atoms with Crippen molar-refractivity contribution in [1.82, 2.24) is 4.98 Å². The molecule has 1 aromatic heterocycles. The Morgan fingerprint density at radius 3 is 2.68 bits per heavy atom. The van der Waals surface area contributed by atoms with Crippen molar-refractivity contribution in [3.05, 3.63) is 44.5 Å². The number of rotatable bonds is 2. The third-order valence-electron chi connectivity index (χ3n) is 2.75. The van der Waals surface area contributed by atoms with Gasteiger partial charge in [-0.2, -0.15) is 0 Å². The molecule has 0 atom stereocenters. The molecule has 0 bridgehead atoms. The van der Waals surface area contributed by atoms with Gasteiger partial charge in [-0.1, -0.05) is 18.5 Å². The summed E-state index contributed by atoms with van der Waals surface area (Å²) in [5.41, 5.74) is -0.313. The SMILES string of the molecule is CCc1c(Cl)c(F)cc2c(=O)c(C(=O)O)c[nH]c12.[B]. The van der Waals surface area contributed by atoms with Crippen LogP contribution in [0.5, 0.6) is 0 Å². The molecular weight excluding hydrogens is 271 g/mol. The number of H-pyrrole nitrogens is 1. The van der Waals surface area contributed by atoms with Gasteiger partial charge in [0.15, 0.2) is 0 Å². The lowest BCUT2D eigenvalue weighted by atomic mass is 10.1. The summed E-state index contributed by atoms with van der Waals surface area (Å²) in [6, 6.07) is 0.960. The van der Waals surface area contributed by atoms with Crippen LogP contribution < -0.4 is 5.43 Å². The Bertz CT molecular complexity index is 714. The molecule has 0 unspecified atom stereocenters. The van der Waals surface area contributed by atoms with Crippen LogP contribution in [0.25, 0.3) is 10.9 Å². The monoisotopic (exact) mass is 280 g/mol. The van der Waals surface area contributed by atoms with Crippen LogP contribution in [0.15, 0.2) is 17.1 Å². The van der Waals surface area contributed by atoms with Gasteiger partial charge in [-0.05, 0) is 18.1 Å². The first kappa shape index (κ1) is 15.2. The van der Waals surface area contributed by atoms with E-state index in [4.69, 9.17) is 16.7 Å². The molecule has 4 nitrogen and oxygen atoms in total. The number of carboxylic acids is 1. The Morgan fingerprint density at radius 1 is 1.53 bits per heavy atom. The van der Waals surface area contributed by atoms with Crippen molar-refractivity contribution in [3.8, 4) is 0 Å². The number of aromatic nitrogens is 1. The number of hydrogen-bond acceptors (Lipinski definition) is 2. The van der Waals surface area contributed by atoms with Crippen LogP contribution in [0.2, 0.25) is 5.02 Å². The average Bonchev–Trinajstić information content (AvgIpc) is 2.32. The third kappa shape index (κ3) is 2.36. The number of halogens is 2. The summed E-state index contributed by atoms with van der Waals surface area (Å²) in [5.74, 6) is -2.08. The van der Waals surface area contributed by atoms with Gasteiger partial charge >= 0.3 is 5.97 Å². The molecule has 1 heterocycles. The lowest BCUT2D eigenvalue weighted by molar-refractivity contribution is 0.0695. The van der Waals surface area contributed by atoms with Gasteiger partial charge in [0.05, 0.1) is 10.5 Å². The fourth-order valence-electron chi connectivity index (χ4n) is 1.87. The second-order valence-corrected chi connectivity index (χ2v) is 4.14. The zero-order valence-electron chi connectivity index (χ0n) is 9.96. The van der Waals surface area contributed by atoms with Crippen molar-refractivity contribution in [2.45, 2.75) is 13.3 Å². The molecule has 0 aliphatic rings. The lowest BCUT2D eigenvalue weighted by Gasteiger charge is -2.08. The third-order valence-corrected chi connectivity index (χ3v) is 3.16. The largest absolute Gasteiger partial charge is 0.477 e. The summed E-state index contributed by atoms with van der Waals surface area (Å²) in [6.45, 7) is 1.77.